The molecule has 1 amide bonds. The van der Waals surface area contributed by atoms with Gasteiger partial charge in [-0.05, 0) is 25.0 Å². The average molecular weight is 315 g/mol. The van der Waals surface area contributed by atoms with Crippen LogP contribution >= 0.6 is 11.8 Å². The van der Waals surface area contributed by atoms with Gasteiger partial charge in [0, 0.05) is 11.0 Å². The lowest BCUT2D eigenvalue weighted by Crippen LogP contribution is -2.43. The maximum atomic E-state index is 13.4. The van der Waals surface area contributed by atoms with Gasteiger partial charge in [0.05, 0.1) is 17.9 Å². The summed E-state index contributed by atoms with van der Waals surface area (Å²) in [6, 6.07) is 3.07. The monoisotopic (exact) mass is 315 g/mol. The van der Waals surface area contributed by atoms with E-state index >= 15 is 0 Å². The second kappa shape index (κ2) is 7.75. The molecule has 1 aliphatic carbocycles. The Morgan fingerprint density at radius 3 is 2.81 bits per heavy atom. The minimum atomic E-state index is -0.665. The molecule has 0 bridgehead atoms. The third-order valence-electron chi connectivity index (χ3n) is 3.58. The van der Waals surface area contributed by atoms with Gasteiger partial charge in [0.15, 0.2) is 0 Å². The topological polar surface area (TPSA) is 49.3 Å². The molecule has 1 aromatic rings. The van der Waals surface area contributed by atoms with Gasteiger partial charge in [-0.25, -0.2) is 8.78 Å². The summed E-state index contributed by atoms with van der Waals surface area (Å²) in [4.78, 5) is 12.1. The first kappa shape index (κ1) is 16.2. The molecule has 0 radical (unpaired) electrons. The van der Waals surface area contributed by atoms with Crippen LogP contribution in [0.1, 0.15) is 32.1 Å². The Bertz CT molecular complexity index is 499. The van der Waals surface area contributed by atoms with Crippen molar-refractivity contribution in [1.82, 2.24) is 5.32 Å². The molecule has 1 fully saturated rings. The van der Waals surface area contributed by atoms with Crippen molar-refractivity contribution in [3.8, 4) is 0 Å². The Morgan fingerprint density at radius 2 is 2.05 bits per heavy atom. The standard InChI is InChI=1S/C15H19F2NO2S/c16-10-6-7-14(11(17)8-10)21-9-15(20)18-12-4-2-1-3-5-13(12)19/h6-8,12-13,19H,1-5,9H2,(H,18,20). The molecule has 1 saturated carbocycles. The molecule has 1 aromatic carbocycles. The van der Waals surface area contributed by atoms with Crippen LogP contribution in [0.25, 0.3) is 0 Å². The van der Waals surface area contributed by atoms with Crippen molar-refractivity contribution < 1.29 is 18.7 Å². The van der Waals surface area contributed by atoms with E-state index in [4.69, 9.17) is 0 Å². The first-order valence-electron chi connectivity index (χ1n) is 7.11. The van der Waals surface area contributed by atoms with Crippen LogP contribution < -0.4 is 5.32 Å². The van der Waals surface area contributed by atoms with E-state index in [1.807, 2.05) is 0 Å². The second-order valence-electron chi connectivity index (χ2n) is 5.24. The first-order chi connectivity index (χ1) is 10.1. The number of aliphatic hydroxyl groups excluding tert-OH is 1. The summed E-state index contributed by atoms with van der Waals surface area (Å²) in [6.45, 7) is 0. The number of carbonyl (C=O) groups is 1. The van der Waals surface area contributed by atoms with Crippen molar-refractivity contribution in [2.24, 2.45) is 0 Å². The van der Waals surface area contributed by atoms with Gasteiger partial charge in [0.2, 0.25) is 5.91 Å². The number of benzene rings is 1. The van der Waals surface area contributed by atoms with Crippen LogP contribution in [0.5, 0.6) is 0 Å². The molecule has 2 rings (SSSR count). The summed E-state index contributed by atoms with van der Waals surface area (Å²) in [5.74, 6) is -1.49. The molecule has 0 aromatic heterocycles. The van der Waals surface area contributed by atoms with Crippen LogP contribution in [0.2, 0.25) is 0 Å². The van der Waals surface area contributed by atoms with Crippen molar-refractivity contribution in [2.45, 2.75) is 49.1 Å². The summed E-state index contributed by atoms with van der Waals surface area (Å²) in [5.41, 5.74) is 0. The van der Waals surface area contributed by atoms with Crippen LogP contribution in [0.3, 0.4) is 0 Å². The van der Waals surface area contributed by atoms with E-state index in [0.717, 1.165) is 43.5 Å². The van der Waals surface area contributed by atoms with Gasteiger partial charge in [-0.15, -0.1) is 11.8 Å². The summed E-state index contributed by atoms with van der Waals surface area (Å²) < 4.78 is 26.2. The van der Waals surface area contributed by atoms with Crippen molar-refractivity contribution in [3.63, 3.8) is 0 Å². The number of rotatable bonds is 4. The number of halogens is 2. The van der Waals surface area contributed by atoms with Crippen molar-refractivity contribution in [3.05, 3.63) is 29.8 Å². The maximum Gasteiger partial charge on any atom is 0.230 e. The van der Waals surface area contributed by atoms with E-state index in [-0.39, 0.29) is 22.6 Å². The summed E-state index contributed by atoms with van der Waals surface area (Å²) in [7, 11) is 0. The largest absolute Gasteiger partial charge is 0.391 e. The predicted octanol–water partition coefficient (Wildman–Crippen LogP) is 2.87. The molecule has 21 heavy (non-hydrogen) atoms. The number of hydrogen-bond acceptors (Lipinski definition) is 3. The second-order valence-corrected chi connectivity index (χ2v) is 6.26. The highest BCUT2D eigenvalue weighted by Crippen LogP contribution is 2.23. The van der Waals surface area contributed by atoms with Crippen LogP contribution in [0.4, 0.5) is 8.78 Å². The number of amides is 1. The number of carbonyl (C=O) groups excluding carboxylic acids is 1. The lowest BCUT2D eigenvalue weighted by molar-refractivity contribution is -0.120. The molecule has 3 nitrogen and oxygen atoms in total. The van der Waals surface area contributed by atoms with Crippen molar-refractivity contribution in [1.29, 1.82) is 0 Å². The number of thioether (sulfide) groups is 1. The first-order valence-corrected chi connectivity index (χ1v) is 8.10. The van der Waals surface area contributed by atoms with Gasteiger partial charge in [-0.1, -0.05) is 19.3 Å². The van der Waals surface area contributed by atoms with Crippen LogP contribution in [-0.2, 0) is 4.79 Å². The lowest BCUT2D eigenvalue weighted by Gasteiger charge is -2.21. The zero-order valence-electron chi connectivity index (χ0n) is 11.6. The quantitative estimate of drug-likeness (QED) is 0.663. The Morgan fingerprint density at radius 1 is 1.29 bits per heavy atom. The SMILES string of the molecule is O=C(CSc1ccc(F)cc1F)NC1CCCCCC1O. The minimum Gasteiger partial charge on any atom is -0.391 e. The normalized spacial score (nSPS) is 22.6. The van der Waals surface area contributed by atoms with E-state index in [1.165, 1.54) is 12.1 Å². The molecule has 2 atom stereocenters. The molecule has 1 aliphatic rings. The number of hydrogen-bond donors (Lipinski definition) is 2. The number of aliphatic hydroxyl groups is 1. The van der Waals surface area contributed by atoms with E-state index in [0.29, 0.717) is 6.42 Å². The summed E-state index contributed by atoms with van der Waals surface area (Å²) in [6.07, 6.45) is 3.99. The molecule has 0 heterocycles. The van der Waals surface area contributed by atoms with E-state index in [2.05, 4.69) is 5.32 Å². The Balaban J connectivity index is 1.84. The molecule has 2 N–H and O–H groups in total. The zero-order chi connectivity index (χ0) is 15.2. The number of nitrogens with one attached hydrogen (secondary N) is 1. The molecule has 2 unspecified atom stereocenters. The van der Waals surface area contributed by atoms with Crippen LogP contribution in [-0.4, -0.2) is 28.9 Å². The Kier molecular flexibility index (Phi) is 5.99. The third kappa shape index (κ3) is 4.97. The summed E-state index contributed by atoms with van der Waals surface area (Å²) >= 11 is 1.02. The fourth-order valence-corrected chi connectivity index (χ4v) is 3.17. The molecular weight excluding hydrogens is 296 g/mol. The van der Waals surface area contributed by atoms with Gasteiger partial charge in [-0.2, -0.15) is 0 Å². The highest BCUT2D eigenvalue weighted by molar-refractivity contribution is 8.00. The fraction of sp³-hybridized carbons (Fsp3) is 0.533. The van der Waals surface area contributed by atoms with Gasteiger partial charge in [0.25, 0.3) is 0 Å². The predicted molar refractivity (Wildman–Crippen MR) is 78.1 cm³/mol. The van der Waals surface area contributed by atoms with Crippen LogP contribution in [0, 0.1) is 11.6 Å². The third-order valence-corrected chi connectivity index (χ3v) is 4.63. The molecule has 0 aliphatic heterocycles. The average Bonchev–Trinajstić information content (AvgIpc) is 2.63. The zero-order valence-corrected chi connectivity index (χ0v) is 12.5. The van der Waals surface area contributed by atoms with Crippen molar-refractivity contribution >= 4 is 17.7 Å². The minimum absolute atomic E-state index is 0.0474. The highest BCUT2D eigenvalue weighted by atomic mass is 32.2. The molecule has 0 spiro atoms. The van der Waals surface area contributed by atoms with E-state index in [9.17, 15) is 18.7 Å². The van der Waals surface area contributed by atoms with Gasteiger partial charge in [-0.3, -0.25) is 4.79 Å². The Labute approximate surface area is 127 Å². The maximum absolute atomic E-state index is 13.4. The van der Waals surface area contributed by atoms with Gasteiger partial charge < -0.3 is 10.4 Å². The smallest absolute Gasteiger partial charge is 0.230 e. The molecule has 0 saturated heterocycles. The molecular formula is C15H19F2NO2S. The van der Waals surface area contributed by atoms with Crippen molar-refractivity contribution in [2.75, 3.05) is 5.75 Å². The molecule has 116 valence electrons. The van der Waals surface area contributed by atoms with Gasteiger partial charge >= 0.3 is 0 Å². The van der Waals surface area contributed by atoms with Crippen LogP contribution in [0.15, 0.2) is 23.1 Å². The lowest BCUT2D eigenvalue weighted by atomic mass is 10.1. The summed E-state index contributed by atoms with van der Waals surface area (Å²) in [5, 5.41) is 12.7. The van der Waals surface area contributed by atoms with E-state index in [1.54, 1.807) is 0 Å². The highest BCUT2D eigenvalue weighted by Gasteiger charge is 2.23. The molecule has 6 heteroatoms. The van der Waals surface area contributed by atoms with Gasteiger partial charge in [0.1, 0.15) is 11.6 Å². The Hall–Kier alpha value is -1.14. The van der Waals surface area contributed by atoms with E-state index < -0.39 is 17.7 Å². The fourth-order valence-electron chi connectivity index (χ4n) is 2.44.